The summed E-state index contributed by atoms with van der Waals surface area (Å²) in [6.45, 7) is 8.98. The van der Waals surface area contributed by atoms with E-state index in [4.69, 9.17) is 0 Å². The summed E-state index contributed by atoms with van der Waals surface area (Å²) in [7, 11) is 0. The van der Waals surface area contributed by atoms with Crippen molar-refractivity contribution in [3.63, 3.8) is 0 Å². The Morgan fingerprint density at radius 1 is 1.00 bits per heavy atom. The number of nitrogens with zero attached hydrogens (tertiary/aromatic N) is 1. The van der Waals surface area contributed by atoms with Crippen LogP contribution in [0.25, 0.3) is 0 Å². The Balaban J connectivity index is 2.51. The second-order valence-electron chi connectivity index (χ2n) is 5.34. The minimum atomic E-state index is 0.0755. The first kappa shape index (κ1) is 19.0. The van der Waals surface area contributed by atoms with Gasteiger partial charge in [-0.25, -0.2) is 4.99 Å². The SMILES string of the molecule is CCCNC(=O)CCNC(=NCc1ccccc1CC)NCC. The van der Waals surface area contributed by atoms with E-state index in [1.54, 1.807) is 0 Å². The molecule has 0 radical (unpaired) electrons. The van der Waals surface area contributed by atoms with Crippen LogP contribution in [0.1, 0.15) is 44.7 Å². The van der Waals surface area contributed by atoms with Crippen molar-refractivity contribution in [1.82, 2.24) is 16.0 Å². The van der Waals surface area contributed by atoms with Crippen molar-refractivity contribution in [2.45, 2.75) is 46.6 Å². The van der Waals surface area contributed by atoms with E-state index in [1.807, 2.05) is 19.9 Å². The topological polar surface area (TPSA) is 65.5 Å². The Bertz CT molecular complexity index is 500. The molecule has 0 spiro atoms. The number of carbonyl (C=O) groups excluding carboxylic acids is 1. The number of rotatable bonds is 9. The minimum Gasteiger partial charge on any atom is -0.357 e. The van der Waals surface area contributed by atoms with Crippen LogP contribution in [0.5, 0.6) is 0 Å². The highest BCUT2D eigenvalue weighted by Gasteiger charge is 2.03. The molecular weight excluding hydrogens is 288 g/mol. The Morgan fingerprint density at radius 2 is 1.74 bits per heavy atom. The van der Waals surface area contributed by atoms with Gasteiger partial charge in [-0.15, -0.1) is 0 Å². The maximum atomic E-state index is 11.6. The van der Waals surface area contributed by atoms with Crippen molar-refractivity contribution in [2.75, 3.05) is 19.6 Å². The zero-order chi connectivity index (χ0) is 16.9. The van der Waals surface area contributed by atoms with Gasteiger partial charge in [0.1, 0.15) is 0 Å². The van der Waals surface area contributed by atoms with Gasteiger partial charge in [-0.3, -0.25) is 4.79 Å². The molecule has 0 atom stereocenters. The summed E-state index contributed by atoms with van der Waals surface area (Å²) in [6, 6.07) is 8.36. The number of carbonyl (C=O) groups is 1. The van der Waals surface area contributed by atoms with Crippen LogP contribution < -0.4 is 16.0 Å². The van der Waals surface area contributed by atoms with Crippen LogP contribution in [-0.4, -0.2) is 31.5 Å². The smallest absolute Gasteiger partial charge is 0.221 e. The van der Waals surface area contributed by atoms with E-state index in [1.165, 1.54) is 11.1 Å². The molecule has 1 amide bonds. The van der Waals surface area contributed by atoms with Gasteiger partial charge in [0, 0.05) is 26.1 Å². The highest BCUT2D eigenvalue weighted by atomic mass is 16.1. The highest BCUT2D eigenvalue weighted by molar-refractivity contribution is 5.81. The van der Waals surface area contributed by atoms with Gasteiger partial charge in [0.05, 0.1) is 6.54 Å². The minimum absolute atomic E-state index is 0.0755. The van der Waals surface area contributed by atoms with E-state index in [0.717, 1.165) is 31.9 Å². The summed E-state index contributed by atoms with van der Waals surface area (Å²) in [5.74, 6) is 0.827. The Labute approximate surface area is 140 Å². The van der Waals surface area contributed by atoms with Crippen molar-refractivity contribution >= 4 is 11.9 Å². The molecule has 23 heavy (non-hydrogen) atoms. The van der Waals surface area contributed by atoms with E-state index < -0.39 is 0 Å². The molecule has 0 fully saturated rings. The standard InChI is InChI=1S/C18H30N4O/c1-4-12-20-17(23)11-13-21-18(19-6-3)22-14-16-10-8-7-9-15(16)5-2/h7-10H,4-6,11-14H2,1-3H3,(H,20,23)(H2,19,21,22). The van der Waals surface area contributed by atoms with Crippen molar-refractivity contribution in [3.8, 4) is 0 Å². The molecule has 0 unspecified atom stereocenters. The van der Waals surface area contributed by atoms with Crippen LogP contribution >= 0.6 is 0 Å². The number of amides is 1. The van der Waals surface area contributed by atoms with Crippen molar-refractivity contribution in [2.24, 2.45) is 4.99 Å². The molecule has 0 aliphatic heterocycles. The average Bonchev–Trinajstić information content (AvgIpc) is 2.58. The quantitative estimate of drug-likeness (QED) is 0.483. The van der Waals surface area contributed by atoms with Gasteiger partial charge in [-0.1, -0.05) is 38.1 Å². The maximum Gasteiger partial charge on any atom is 0.221 e. The van der Waals surface area contributed by atoms with Gasteiger partial charge in [-0.05, 0) is 30.9 Å². The molecule has 3 N–H and O–H groups in total. The number of benzene rings is 1. The Kier molecular flexibility index (Phi) is 9.52. The molecule has 5 heteroatoms. The lowest BCUT2D eigenvalue weighted by molar-refractivity contribution is -0.120. The number of guanidine groups is 1. The maximum absolute atomic E-state index is 11.6. The van der Waals surface area contributed by atoms with Crippen LogP contribution in [0, 0.1) is 0 Å². The second-order valence-corrected chi connectivity index (χ2v) is 5.34. The van der Waals surface area contributed by atoms with Gasteiger partial charge in [0.15, 0.2) is 5.96 Å². The van der Waals surface area contributed by atoms with Crippen molar-refractivity contribution in [3.05, 3.63) is 35.4 Å². The summed E-state index contributed by atoms with van der Waals surface area (Å²) in [5, 5.41) is 9.30. The third-order valence-corrected chi connectivity index (χ3v) is 3.47. The van der Waals surface area contributed by atoms with Crippen LogP contribution in [0.15, 0.2) is 29.3 Å². The molecule has 0 aliphatic carbocycles. The zero-order valence-electron chi connectivity index (χ0n) is 14.6. The lowest BCUT2D eigenvalue weighted by atomic mass is 10.1. The molecule has 0 aliphatic rings. The normalized spacial score (nSPS) is 11.2. The summed E-state index contributed by atoms with van der Waals surface area (Å²) >= 11 is 0. The first-order chi connectivity index (χ1) is 11.2. The Morgan fingerprint density at radius 3 is 2.39 bits per heavy atom. The first-order valence-corrected chi connectivity index (χ1v) is 8.56. The number of aliphatic imine (C=N–C) groups is 1. The number of hydrogen-bond acceptors (Lipinski definition) is 2. The fraction of sp³-hybridized carbons (Fsp3) is 0.556. The zero-order valence-corrected chi connectivity index (χ0v) is 14.6. The van der Waals surface area contributed by atoms with Gasteiger partial charge < -0.3 is 16.0 Å². The van der Waals surface area contributed by atoms with Crippen LogP contribution in [-0.2, 0) is 17.8 Å². The average molecular weight is 318 g/mol. The lowest BCUT2D eigenvalue weighted by Gasteiger charge is -2.12. The van der Waals surface area contributed by atoms with Gasteiger partial charge in [-0.2, -0.15) is 0 Å². The summed E-state index contributed by atoms with van der Waals surface area (Å²) in [4.78, 5) is 16.2. The van der Waals surface area contributed by atoms with Gasteiger partial charge in [0.2, 0.25) is 5.91 Å². The molecular formula is C18H30N4O. The fourth-order valence-electron chi connectivity index (χ4n) is 2.21. The lowest BCUT2D eigenvalue weighted by Crippen LogP contribution is -2.39. The molecule has 1 rings (SSSR count). The molecule has 5 nitrogen and oxygen atoms in total. The third-order valence-electron chi connectivity index (χ3n) is 3.47. The fourth-order valence-corrected chi connectivity index (χ4v) is 2.21. The predicted octanol–water partition coefficient (Wildman–Crippen LogP) is 2.22. The van der Waals surface area contributed by atoms with E-state index in [9.17, 15) is 4.79 Å². The first-order valence-electron chi connectivity index (χ1n) is 8.56. The van der Waals surface area contributed by atoms with E-state index in [-0.39, 0.29) is 5.91 Å². The molecule has 0 bridgehead atoms. The van der Waals surface area contributed by atoms with E-state index >= 15 is 0 Å². The molecule has 1 aromatic rings. The second kappa shape index (κ2) is 11.5. The predicted molar refractivity (Wildman–Crippen MR) is 96.6 cm³/mol. The number of hydrogen-bond donors (Lipinski definition) is 3. The molecule has 128 valence electrons. The monoisotopic (exact) mass is 318 g/mol. The number of nitrogens with one attached hydrogen (secondary N) is 3. The Hall–Kier alpha value is -2.04. The summed E-state index contributed by atoms with van der Waals surface area (Å²) in [5.41, 5.74) is 2.57. The van der Waals surface area contributed by atoms with E-state index in [2.05, 4.69) is 46.1 Å². The van der Waals surface area contributed by atoms with Crippen LogP contribution in [0.3, 0.4) is 0 Å². The molecule has 0 heterocycles. The largest absolute Gasteiger partial charge is 0.357 e. The van der Waals surface area contributed by atoms with Crippen molar-refractivity contribution < 1.29 is 4.79 Å². The molecule has 1 aromatic carbocycles. The molecule has 0 aromatic heterocycles. The third kappa shape index (κ3) is 7.68. The van der Waals surface area contributed by atoms with Gasteiger partial charge in [0.25, 0.3) is 0 Å². The summed E-state index contributed by atoms with van der Waals surface area (Å²) in [6.07, 6.45) is 2.42. The van der Waals surface area contributed by atoms with Crippen LogP contribution in [0.4, 0.5) is 0 Å². The number of aryl methyl sites for hydroxylation is 1. The van der Waals surface area contributed by atoms with Crippen molar-refractivity contribution in [1.29, 1.82) is 0 Å². The molecule has 0 saturated carbocycles. The van der Waals surface area contributed by atoms with Gasteiger partial charge >= 0.3 is 0 Å². The summed E-state index contributed by atoms with van der Waals surface area (Å²) < 4.78 is 0. The molecule has 0 saturated heterocycles. The highest BCUT2D eigenvalue weighted by Crippen LogP contribution is 2.10. The van der Waals surface area contributed by atoms with Crippen LogP contribution in [0.2, 0.25) is 0 Å². The van der Waals surface area contributed by atoms with E-state index in [0.29, 0.717) is 19.5 Å².